The zero-order valence-electron chi connectivity index (χ0n) is 11.3. The van der Waals surface area contributed by atoms with Gasteiger partial charge in [0.1, 0.15) is 11.5 Å². The Morgan fingerprint density at radius 3 is 2.55 bits per heavy atom. The third kappa shape index (κ3) is 6.29. The van der Waals surface area contributed by atoms with Crippen molar-refractivity contribution < 1.29 is 36.6 Å². The van der Waals surface area contributed by atoms with Gasteiger partial charge in [0.25, 0.3) is 0 Å². The van der Waals surface area contributed by atoms with Gasteiger partial charge in [-0.25, -0.2) is 10.2 Å². The molecule has 0 atom stereocenters. The highest BCUT2D eigenvalue weighted by Gasteiger charge is 2.12. The summed E-state index contributed by atoms with van der Waals surface area (Å²) in [4.78, 5) is 11.0. The van der Waals surface area contributed by atoms with Crippen molar-refractivity contribution in [3.63, 3.8) is 0 Å². The van der Waals surface area contributed by atoms with E-state index in [1.54, 1.807) is 6.92 Å². The van der Waals surface area contributed by atoms with Crippen molar-refractivity contribution in [1.82, 2.24) is 5.43 Å². The minimum atomic E-state index is -3.17. The Morgan fingerprint density at radius 1 is 1.27 bits per heavy atom. The van der Waals surface area contributed by atoms with Crippen molar-refractivity contribution in [1.29, 1.82) is 0 Å². The van der Waals surface area contributed by atoms with Crippen molar-refractivity contribution in [2.45, 2.75) is 20.1 Å². The van der Waals surface area contributed by atoms with Crippen LogP contribution in [0.25, 0.3) is 0 Å². The van der Waals surface area contributed by atoms with E-state index in [9.17, 15) is 22.4 Å². The first-order valence-corrected chi connectivity index (χ1v) is 5.92. The Balaban J connectivity index is 2.87. The third-order valence-corrected chi connectivity index (χ3v) is 2.06. The molecular formula is C12H12F4N2O4. The van der Waals surface area contributed by atoms with Gasteiger partial charge in [-0.2, -0.15) is 22.7 Å². The number of carbonyl (C=O) groups is 1. The molecule has 1 aromatic carbocycles. The standard InChI is InChI=1S/C12H12F4N2O4/c1-2-20-12(19)18-17-6-7-3-4-8(21-10(13)14)5-9(7)22-11(15)16/h3-6,10-11H,2H2,1H3,(H,18,19)/b17-6-. The first-order valence-electron chi connectivity index (χ1n) is 5.92. The van der Waals surface area contributed by atoms with Gasteiger partial charge >= 0.3 is 19.3 Å². The Kier molecular flexibility index (Phi) is 6.93. The predicted octanol–water partition coefficient (Wildman–Crippen LogP) is 2.97. The molecule has 1 amide bonds. The molecule has 0 unspecified atom stereocenters. The van der Waals surface area contributed by atoms with E-state index in [-0.39, 0.29) is 17.9 Å². The maximum atomic E-state index is 12.3. The van der Waals surface area contributed by atoms with Crippen LogP contribution in [0.2, 0.25) is 0 Å². The van der Waals surface area contributed by atoms with Gasteiger partial charge < -0.3 is 14.2 Å². The van der Waals surface area contributed by atoms with Crippen molar-refractivity contribution in [2.75, 3.05) is 6.61 Å². The lowest BCUT2D eigenvalue weighted by Gasteiger charge is -2.10. The number of nitrogens with zero attached hydrogens (tertiary/aromatic N) is 1. The van der Waals surface area contributed by atoms with Crippen molar-refractivity contribution in [2.24, 2.45) is 5.10 Å². The molecule has 0 aliphatic rings. The molecule has 0 heterocycles. The van der Waals surface area contributed by atoms with E-state index in [4.69, 9.17) is 0 Å². The summed E-state index contributed by atoms with van der Waals surface area (Å²) in [6, 6.07) is 3.12. The van der Waals surface area contributed by atoms with E-state index in [1.807, 2.05) is 5.43 Å². The molecule has 0 fully saturated rings. The van der Waals surface area contributed by atoms with E-state index >= 15 is 0 Å². The third-order valence-electron chi connectivity index (χ3n) is 2.06. The maximum Gasteiger partial charge on any atom is 0.427 e. The number of hydrogen-bond donors (Lipinski definition) is 1. The van der Waals surface area contributed by atoms with Gasteiger partial charge in [-0.3, -0.25) is 0 Å². The molecule has 1 N–H and O–H groups in total. The fraction of sp³-hybridized carbons (Fsp3) is 0.333. The summed E-state index contributed by atoms with van der Waals surface area (Å²) in [6.07, 6.45) is 0.147. The molecule has 0 aromatic heterocycles. The molecule has 0 bridgehead atoms. The highest BCUT2D eigenvalue weighted by molar-refractivity contribution is 5.84. The number of hydrogen-bond acceptors (Lipinski definition) is 5. The summed E-state index contributed by atoms with van der Waals surface area (Å²) < 4.78 is 61.5. The van der Waals surface area contributed by atoms with Crippen molar-refractivity contribution in [3.05, 3.63) is 23.8 Å². The van der Waals surface area contributed by atoms with Gasteiger partial charge in [-0.15, -0.1) is 0 Å². The summed E-state index contributed by atoms with van der Waals surface area (Å²) in [5, 5.41) is 3.46. The molecule has 0 saturated carbocycles. The molecule has 0 saturated heterocycles. The average molecular weight is 324 g/mol. The second-order valence-corrected chi connectivity index (χ2v) is 3.55. The minimum absolute atomic E-state index is 0.0127. The van der Waals surface area contributed by atoms with Crippen molar-refractivity contribution in [3.8, 4) is 11.5 Å². The molecule has 1 rings (SSSR count). The number of nitrogens with one attached hydrogen (secondary N) is 1. The quantitative estimate of drug-likeness (QED) is 0.476. The average Bonchev–Trinajstić information content (AvgIpc) is 2.40. The van der Waals surface area contributed by atoms with Gasteiger partial charge in [0.2, 0.25) is 0 Å². The fourth-order valence-corrected chi connectivity index (χ4v) is 1.31. The van der Waals surface area contributed by atoms with Crippen LogP contribution in [-0.2, 0) is 4.74 Å². The normalized spacial score (nSPS) is 11.0. The number of hydrazone groups is 1. The van der Waals surface area contributed by atoms with Gasteiger partial charge in [0.15, 0.2) is 0 Å². The second kappa shape index (κ2) is 8.70. The van der Waals surface area contributed by atoms with Crippen molar-refractivity contribution >= 4 is 12.3 Å². The van der Waals surface area contributed by atoms with Gasteiger partial charge in [0, 0.05) is 11.6 Å². The lowest BCUT2D eigenvalue weighted by molar-refractivity contribution is -0.0543. The molecule has 0 radical (unpaired) electrons. The number of ether oxygens (including phenoxy) is 3. The monoisotopic (exact) mass is 324 g/mol. The smallest absolute Gasteiger partial charge is 0.427 e. The second-order valence-electron chi connectivity index (χ2n) is 3.55. The minimum Gasteiger partial charge on any atom is -0.449 e. The van der Waals surface area contributed by atoms with Crippen LogP contribution in [0, 0.1) is 0 Å². The van der Waals surface area contributed by atoms with Crippen LogP contribution >= 0.6 is 0 Å². The highest BCUT2D eigenvalue weighted by Crippen LogP contribution is 2.26. The predicted molar refractivity (Wildman–Crippen MR) is 67.5 cm³/mol. The highest BCUT2D eigenvalue weighted by atomic mass is 19.3. The summed E-state index contributed by atoms with van der Waals surface area (Å²) in [7, 11) is 0. The summed E-state index contributed by atoms with van der Waals surface area (Å²) in [6.45, 7) is -4.57. The van der Waals surface area contributed by atoms with Crippen LogP contribution in [0.4, 0.5) is 22.4 Å². The van der Waals surface area contributed by atoms with E-state index in [2.05, 4.69) is 19.3 Å². The first kappa shape index (κ1) is 17.5. The van der Waals surface area contributed by atoms with Gasteiger partial charge in [-0.05, 0) is 19.1 Å². The Bertz CT molecular complexity index is 526. The fourth-order valence-electron chi connectivity index (χ4n) is 1.31. The van der Waals surface area contributed by atoms with Crippen LogP contribution in [0.3, 0.4) is 0 Å². The lowest BCUT2D eigenvalue weighted by Crippen LogP contribution is -2.18. The summed E-state index contributed by atoms with van der Waals surface area (Å²) >= 11 is 0. The zero-order valence-corrected chi connectivity index (χ0v) is 11.3. The van der Waals surface area contributed by atoms with E-state index in [0.29, 0.717) is 0 Å². The molecule has 0 spiro atoms. The largest absolute Gasteiger partial charge is 0.449 e. The molecule has 122 valence electrons. The number of carbonyl (C=O) groups excluding carboxylic acids is 1. The Labute approximate surface area is 122 Å². The van der Waals surface area contributed by atoms with Gasteiger partial charge in [-0.1, -0.05) is 0 Å². The lowest BCUT2D eigenvalue weighted by atomic mass is 10.2. The van der Waals surface area contributed by atoms with Crippen LogP contribution in [0.15, 0.2) is 23.3 Å². The molecule has 0 aliphatic carbocycles. The van der Waals surface area contributed by atoms with Crippen LogP contribution in [0.5, 0.6) is 11.5 Å². The summed E-state index contributed by atoms with van der Waals surface area (Å²) in [5.74, 6) is -0.802. The Morgan fingerprint density at radius 2 is 1.95 bits per heavy atom. The first-order chi connectivity index (χ1) is 10.4. The van der Waals surface area contributed by atoms with E-state index < -0.39 is 25.1 Å². The number of benzene rings is 1. The Hall–Kier alpha value is -2.52. The molecule has 10 heteroatoms. The van der Waals surface area contributed by atoms with E-state index in [1.165, 1.54) is 0 Å². The van der Waals surface area contributed by atoms with Gasteiger partial charge in [0.05, 0.1) is 12.8 Å². The maximum absolute atomic E-state index is 12.3. The van der Waals surface area contributed by atoms with Crippen LogP contribution in [0.1, 0.15) is 12.5 Å². The van der Waals surface area contributed by atoms with E-state index in [0.717, 1.165) is 24.4 Å². The molecule has 6 nitrogen and oxygen atoms in total. The van der Waals surface area contributed by atoms with Crippen LogP contribution < -0.4 is 14.9 Å². The number of alkyl halides is 4. The SMILES string of the molecule is CCOC(=O)N/N=C\c1ccc(OC(F)F)cc1OC(F)F. The molecule has 0 aliphatic heterocycles. The molecule has 1 aromatic rings. The number of amides is 1. The zero-order chi connectivity index (χ0) is 16.5. The summed E-state index contributed by atoms with van der Waals surface area (Å²) in [5.41, 5.74) is 1.99. The van der Waals surface area contributed by atoms with Crippen LogP contribution in [-0.4, -0.2) is 32.1 Å². The topological polar surface area (TPSA) is 69.2 Å². The molecule has 22 heavy (non-hydrogen) atoms. The number of rotatable bonds is 7. The number of halogens is 4. The molecular weight excluding hydrogens is 312 g/mol.